The number of ether oxygens (including phenoxy) is 1. The Labute approximate surface area is 239 Å². The van der Waals surface area contributed by atoms with Crippen LogP contribution >= 0.6 is 20.2 Å². The predicted octanol–water partition coefficient (Wildman–Crippen LogP) is 2.65. The van der Waals surface area contributed by atoms with Crippen LogP contribution in [0.3, 0.4) is 0 Å². The third-order valence-corrected chi connectivity index (χ3v) is 10.6. The number of carboxylic acid groups (broad SMARTS) is 2. The Morgan fingerprint density at radius 1 is 0.857 bits per heavy atom. The standard InChI is InChI=1S/C20H22F4INO2.2C2HF3O2/c1-18(2)16-6-4-5-7-17(16)25(28-18)19(21,22)20(23,24)27-15-10-8-14(9-11-15)12-13-26-3;2*3-2(4,5)1(6)7/h4-11,26H,12-13H2,1-3H3;2*(H,6,7). The summed E-state index contributed by atoms with van der Waals surface area (Å²) in [5, 5.41) is 19.6. The third-order valence-electron chi connectivity index (χ3n) is 4.93. The van der Waals surface area contributed by atoms with E-state index in [0.717, 1.165) is 18.5 Å². The van der Waals surface area contributed by atoms with Crippen molar-refractivity contribution in [2.45, 2.75) is 48.3 Å². The van der Waals surface area contributed by atoms with Crippen LogP contribution in [0.15, 0.2) is 48.5 Å². The van der Waals surface area contributed by atoms with E-state index < -0.39 is 60.2 Å². The number of aliphatic hydroxyl groups is 1. The van der Waals surface area contributed by atoms with Crippen molar-refractivity contribution in [2.75, 3.05) is 13.6 Å². The van der Waals surface area contributed by atoms with Crippen LogP contribution in [0, 0.1) is 3.57 Å². The average molecular weight is 739 g/mol. The van der Waals surface area contributed by atoms with Crippen molar-refractivity contribution >= 4 is 32.2 Å². The monoisotopic (exact) mass is 739 g/mol. The molecule has 0 aliphatic carbocycles. The first kappa shape index (κ1) is 37.2. The number of quaternary nitrogens is 1. The fraction of sp³-hybridized carbons (Fsp3) is 0.417. The molecule has 0 radical (unpaired) electrons. The molecule has 2 aromatic carbocycles. The van der Waals surface area contributed by atoms with Gasteiger partial charge < -0.3 is 19.8 Å². The zero-order chi connectivity index (χ0) is 32.7. The van der Waals surface area contributed by atoms with E-state index >= 15 is 0 Å². The van der Waals surface area contributed by atoms with E-state index in [9.17, 15) is 43.9 Å². The van der Waals surface area contributed by atoms with E-state index in [1.54, 1.807) is 44.2 Å². The summed E-state index contributed by atoms with van der Waals surface area (Å²) >= 11 is -3.91. The van der Waals surface area contributed by atoms with Crippen molar-refractivity contribution in [2.24, 2.45) is 0 Å². The van der Waals surface area contributed by atoms with Crippen molar-refractivity contribution in [3.05, 3.63) is 63.2 Å². The first-order valence-corrected chi connectivity index (χ1v) is 14.5. The van der Waals surface area contributed by atoms with Crippen LogP contribution in [0.2, 0.25) is 0 Å². The molecule has 1 heterocycles. The van der Waals surface area contributed by atoms with Gasteiger partial charge >= 0.3 is 182 Å². The summed E-state index contributed by atoms with van der Waals surface area (Å²) in [7, 11) is 1.93. The fourth-order valence-electron chi connectivity index (χ4n) is 2.94. The minimum atomic E-state index is -5.19. The number of carboxylic acids is 2. The number of likely N-dealkylation sites (N-methyl/N-ethyl adjacent to an activating group) is 1. The second-order valence-corrected chi connectivity index (χ2v) is 13.2. The van der Waals surface area contributed by atoms with Crippen molar-refractivity contribution in [3.8, 4) is 5.75 Å². The van der Waals surface area contributed by atoms with Gasteiger partial charge in [0.1, 0.15) is 11.9 Å². The van der Waals surface area contributed by atoms with E-state index in [-0.39, 0.29) is 9.32 Å². The number of nitrogens with two attached hydrogens (primary N) is 1. The molecule has 0 amide bonds. The average Bonchev–Trinajstić information content (AvgIpc) is 3.14. The first-order valence-electron chi connectivity index (χ1n) is 11.4. The molecule has 0 spiro atoms. The van der Waals surface area contributed by atoms with Gasteiger partial charge in [0.25, 0.3) is 0 Å². The second kappa shape index (κ2) is 14.1. The van der Waals surface area contributed by atoms with Gasteiger partial charge in [0.2, 0.25) is 0 Å². The second-order valence-electron chi connectivity index (χ2n) is 8.66. The fourth-order valence-corrected chi connectivity index (χ4v) is 8.34. The van der Waals surface area contributed by atoms with Crippen molar-refractivity contribution in [1.82, 2.24) is 0 Å². The van der Waals surface area contributed by atoms with E-state index in [4.69, 9.17) is 19.8 Å². The smallest absolute Gasteiger partial charge is 0.430 e. The van der Waals surface area contributed by atoms with Crippen LogP contribution in [0.4, 0.5) is 43.9 Å². The largest absolute Gasteiger partial charge is 0.542 e. The number of hydrogen-bond acceptors (Lipinski definition) is 5. The summed E-state index contributed by atoms with van der Waals surface area (Å²) in [6.07, 6.45) is -14.3. The summed E-state index contributed by atoms with van der Waals surface area (Å²) < 4.78 is 127. The van der Waals surface area contributed by atoms with E-state index in [2.05, 4.69) is 7.80 Å². The molecule has 3 N–H and O–H groups in total. The summed E-state index contributed by atoms with van der Waals surface area (Å²) in [6, 6.07) is 12.3. The molecule has 0 bridgehead atoms. The molecule has 1 aliphatic rings. The Kier molecular flexibility index (Phi) is 12.4. The van der Waals surface area contributed by atoms with Gasteiger partial charge in [-0.3, -0.25) is 0 Å². The zero-order valence-electron chi connectivity index (χ0n) is 21.8. The summed E-state index contributed by atoms with van der Waals surface area (Å²) in [5.74, 6) is -6.29. The number of halogens is 11. The van der Waals surface area contributed by atoms with Crippen LogP contribution in [0.5, 0.6) is 5.75 Å². The Bertz CT molecular complexity index is 1180. The number of aliphatic carboxylic acids is 2. The van der Waals surface area contributed by atoms with Crippen LogP contribution in [0.25, 0.3) is 0 Å². The molecule has 0 fully saturated rings. The van der Waals surface area contributed by atoms with Gasteiger partial charge in [0.15, 0.2) is 0 Å². The predicted molar refractivity (Wildman–Crippen MR) is 130 cm³/mol. The maximum Gasteiger partial charge on any atom is 0.430 e. The van der Waals surface area contributed by atoms with Crippen molar-refractivity contribution < 1.29 is 76.8 Å². The van der Waals surface area contributed by atoms with Gasteiger partial charge in [-0.2, -0.15) is 26.3 Å². The topological polar surface area (TPSA) is 119 Å². The maximum absolute atomic E-state index is 15.0. The molecule has 3 rings (SSSR count). The first-order chi connectivity index (χ1) is 19.0. The summed E-state index contributed by atoms with van der Waals surface area (Å²) in [5.41, 5.74) is 0.615. The van der Waals surface area contributed by atoms with E-state index in [1.165, 1.54) is 18.2 Å². The maximum atomic E-state index is 15.0. The molecule has 0 saturated heterocycles. The molecule has 2 aromatic rings. The molecule has 0 aromatic heterocycles. The van der Waals surface area contributed by atoms with Gasteiger partial charge in [-0.05, 0) is 0 Å². The van der Waals surface area contributed by atoms with E-state index in [1.807, 2.05) is 12.4 Å². The number of fused-ring (bicyclic) bond motifs is 1. The quantitative estimate of drug-likeness (QED) is 0.203. The molecule has 238 valence electrons. The Morgan fingerprint density at radius 2 is 1.31 bits per heavy atom. The van der Waals surface area contributed by atoms with Crippen LogP contribution < -0.4 is 20.3 Å². The van der Waals surface area contributed by atoms with Crippen LogP contribution in [-0.2, 0) is 21.6 Å². The number of hydrogen-bond donors (Lipinski definition) is 1. The molecule has 42 heavy (non-hydrogen) atoms. The Hall–Kier alpha value is -2.87. The minimum Gasteiger partial charge on any atom is -0.542 e. The zero-order valence-corrected chi connectivity index (χ0v) is 23.9. The molecule has 0 atom stereocenters. The van der Waals surface area contributed by atoms with Gasteiger partial charge in [0.05, 0.1) is 0 Å². The summed E-state index contributed by atoms with van der Waals surface area (Å²) in [6.45, 7) is 4.19. The molecule has 7 nitrogen and oxygen atoms in total. The number of rotatable bonds is 7. The molecular formula is C24H24F10INO6. The third kappa shape index (κ3) is 10.1. The molecule has 18 heteroatoms. The van der Waals surface area contributed by atoms with Gasteiger partial charge in [-0.15, -0.1) is 0 Å². The number of alkyl halides is 11. The molecule has 1 aliphatic heterocycles. The molecule has 0 saturated carbocycles. The van der Waals surface area contributed by atoms with E-state index in [0.29, 0.717) is 5.56 Å². The normalized spacial score (nSPS) is 15.4. The Morgan fingerprint density at radius 3 is 1.74 bits per heavy atom. The van der Waals surface area contributed by atoms with Crippen LogP contribution in [0.1, 0.15) is 25.0 Å². The van der Waals surface area contributed by atoms with Crippen molar-refractivity contribution in [3.63, 3.8) is 0 Å². The Balaban J connectivity index is 0.000000522. The number of benzene rings is 2. The van der Waals surface area contributed by atoms with Gasteiger partial charge in [0, 0.05) is 0 Å². The number of carbonyl (C=O) groups is 2. The van der Waals surface area contributed by atoms with Crippen LogP contribution in [-0.4, -0.2) is 51.0 Å². The SMILES string of the molecule is C[NH2+]CCc1ccc(OC(F)(F)C(F)(F)I2[OH+]C(C)(C)c3ccccc32)cc1.O=C([O-])C(F)(F)F.O=C([O-])C(F)(F)F. The van der Waals surface area contributed by atoms with Crippen molar-refractivity contribution in [1.29, 1.82) is 0 Å². The van der Waals surface area contributed by atoms with Gasteiger partial charge in [-0.25, -0.2) is 0 Å². The summed E-state index contributed by atoms with van der Waals surface area (Å²) in [4.78, 5) is 17.6. The number of carbonyl (C=O) groups excluding carboxylic acids is 2. The minimum absolute atomic E-state index is 0.260. The molecular weight excluding hydrogens is 715 g/mol. The van der Waals surface area contributed by atoms with Gasteiger partial charge in [-0.1, -0.05) is 0 Å². The molecule has 0 unspecified atom stereocenters.